The van der Waals surface area contributed by atoms with Crippen LogP contribution >= 0.6 is 0 Å². The van der Waals surface area contributed by atoms with Gasteiger partial charge in [-0.25, -0.2) is 9.59 Å². The minimum absolute atomic E-state index is 0.0253. The van der Waals surface area contributed by atoms with Crippen LogP contribution in [0.25, 0.3) is 0 Å². The molecule has 2 N–H and O–H groups in total. The molecule has 12 heteroatoms. The first kappa shape index (κ1) is 29.7. The third-order valence-electron chi connectivity index (χ3n) is 4.15. The maximum absolute atomic E-state index is 12.3. The number of esters is 2. The van der Waals surface area contributed by atoms with E-state index >= 15 is 0 Å². The van der Waals surface area contributed by atoms with Gasteiger partial charge in [-0.1, -0.05) is 6.08 Å². The van der Waals surface area contributed by atoms with Crippen molar-refractivity contribution < 1.29 is 41.9 Å². The summed E-state index contributed by atoms with van der Waals surface area (Å²) >= 11 is 0. The zero-order valence-electron chi connectivity index (χ0n) is 19.9. The number of amides is 2. The standard InChI is InChI=1S/C20H36N2O9Si/c1-8-29-32(30-9-2,31-10-3)16(13-18(20(26)28-7)22-15(5)24)11-12-17(19(25)27-6)21-14(4)23/h11,17-18H,8-10,12-13H2,1-7H3,(H,21,23)(H,22,24)/b16-11-. The molecule has 0 aromatic heterocycles. The molecule has 0 saturated heterocycles. The monoisotopic (exact) mass is 476 g/mol. The van der Waals surface area contributed by atoms with E-state index in [-0.39, 0.29) is 32.7 Å². The van der Waals surface area contributed by atoms with Crippen LogP contribution in [0.15, 0.2) is 11.3 Å². The molecule has 0 bridgehead atoms. The Labute approximate surface area is 190 Å². The molecule has 2 atom stereocenters. The second kappa shape index (κ2) is 15.5. The molecule has 11 nitrogen and oxygen atoms in total. The summed E-state index contributed by atoms with van der Waals surface area (Å²) in [5.74, 6) is -2.14. The summed E-state index contributed by atoms with van der Waals surface area (Å²) in [6.45, 7) is 8.68. The van der Waals surface area contributed by atoms with Crippen molar-refractivity contribution in [2.24, 2.45) is 0 Å². The number of hydrogen-bond donors (Lipinski definition) is 2. The summed E-state index contributed by atoms with van der Waals surface area (Å²) in [6, 6.07) is -2.00. The molecule has 0 aromatic rings. The number of hydrogen-bond acceptors (Lipinski definition) is 9. The lowest BCUT2D eigenvalue weighted by Gasteiger charge is -2.32. The van der Waals surface area contributed by atoms with Gasteiger partial charge in [0.2, 0.25) is 11.8 Å². The molecule has 0 radical (unpaired) electrons. The maximum atomic E-state index is 12.3. The van der Waals surface area contributed by atoms with E-state index in [1.165, 1.54) is 28.1 Å². The van der Waals surface area contributed by atoms with Crippen LogP contribution in [0.3, 0.4) is 0 Å². The Balaban J connectivity index is 6.40. The molecule has 0 saturated carbocycles. The van der Waals surface area contributed by atoms with Crippen molar-refractivity contribution >= 4 is 32.6 Å². The van der Waals surface area contributed by atoms with E-state index < -0.39 is 44.6 Å². The van der Waals surface area contributed by atoms with E-state index in [0.717, 1.165) is 0 Å². The largest absolute Gasteiger partial charge is 0.532 e. The first-order chi connectivity index (χ1) is 15.1. The lowest BCUT2D eigenvalue weighted by molar-refractivity contribution is -0.145. The average Bonchev–Trinajstić information content (AvgIpc) is 2.73. The fourth-order valence-electron chi connectivity index (χ4n) is 2.97. The molecule has 0 aromatic carbocycles. The van der Waals surface area contributed by atoms with Gasteiger partial charge in [0.05, 0.1) is 14.2 Å². The van der Waals surface area contributed by atoms with Crippen LogP contribution in [0.4, 0.5) is 0 Å². The summed E-state index contributed by atoms with van der Waals surface area (Å²) in [5.41, 5.74) is 0. The fourth-order valence-corrected chi connectivity index (χ4v) is 5.74. The molecule has 0 fully saturated rings. The number of rotatable bonds is 15. The van der Waals surface area contributed by atoms with Crippen molar-refractivity contribution in [2.45, 2.75) is 59.5 Å². The zero-order chi connectivity index (χ0) is 24.7. The third-order valence-corrected chi connectivity index (χ3v) is 7.35. The fraction of sp³-hybridized carbons (Fsp3) is 0.700. The average molecular weight is 477 g/mol. The van der Waals surface area contributed by atoms with Crippen LogP contribution in [0.5, 0.6) is 0 Å². The van der Waals surface area contributed by atoms with Crippen molar-refractivity contribution in [3.63, 3.8) is 0 Å². The van der Waals surface area contributed by atoms with Crippen LogP contribution < -0.4 is 10.6 Å². The van der Waals surface area contributed by atoms with E-state index in [1.807, 2.05) is 0 Å². The maximum Gasteiger partial charge on any atom is 0.532 e. The molecule has 0 aliphatic rings. The van der Waals surface area contributed by atoms with E-state index in [4.69, 9.17) is 22.8 Å². The molecule has 184 valence electrons. The highest BCUT2D eigenvalue weighted by Crippen LogP contribution is 2.26. The predicted octanol–water partition coefficient (Wildman–Crippen LogP) is 0.636. The summed E-state index contributed by atoms with van der Waals surface area (Å²) in [6.07, 6.45) is 1.62. The molecule has 32 heavy (non-hydrogen) atoms. The molecule has 0 heterocycles. The first-order valence-corrected chi connectivity index (χ1v) is 12.1. The minimum Gasteiger partial charge on any atom is -0.467 e. The second-order valence-electron chi connectivity index (χ2n) is 6.58. The van der Waals surface area contributed by atoms with Crippen LogP contribution in [0.2, 0.25) is 0 Å². The van der Waals surface area contributed by atoms with Gasteiger partial charge in [0.25, 0.3) is 0 Å². The van der Waals surface area contributed by atoms with Gasteiger partial charge in [-0.2, -0.15) is 0 Å². The van der Waals surface area contributed by atoms with Crippen LogP contribution in [-0.2, 0) is 41.9 Å². The summed E-state index contributed by atoms with van der Waals surface area (Å²) in [4.78, 5) is 47.7. The topological polar surface area (TPSA) is 138 Å². The number of carbonyl (C=O) groups excluding carboxylic acids is 4. The van der Waals surface area contributed by atoms with E-state index in [1.54, 1.807) is 26.8 Å². The Bertz CT molecular complexity index is 652. The summed E-state index contributed by atoms with van der Waals surface area (Å²) < 4.78 is 27.4. The van der Waals surface area contributed by atoms with Crippen molar-refractivity contribution in [1.29, 1.82) is 0 Å². The Morgan fingerprint density at radius 2 is 1.19 bits per heavy atom. The van der Waals surface area contributed by atoms with Gasteiger partial charge in [0.15, 0.2) is 0 Å². The Hall–Kier alpha value is -2.28. The summed E-state index contributed by atoms with van der Waals surface area (Å²) in [5, 5.41) is 5.54. The van der Waals surface area contributed by atoms with Crippen molar-refractivity contribution in [2.75, 3.05) is 34.0 Å². The van der Waals surface area contributed by atoms with Crippen LogP contribution in [0.1, 0.15) is 47.5 Å². The lowest BCUT2D eigenvalue weighted by Crippen LogP contribution is -2.51. The van der Waals surface area contributed by atoms with Gasteiger partial charge < -0.3 is 33.4 Å². The van der Waals surface area contributed by atoms with Gasteiger partial charge in [-0.05, 0) is 32.4 Å². The van der Waals surface area contributed by atoms with Gasteiger partial charge in [0, 0.05) is 40.1 Å². The second-order valence-corrected chi connectivity index (χ2v) is 9.20. The molecular weight excluding hydrogens is 440 g/mol. The molecule has 2 amide bonds. The third kappa shape index (κ3) is 9.89. The Kier molecular flexibility index (Phi) is 14.4. The molecular formula is C20H36N2O9Si. The number of carbonyl (C=O) groups is 4. The molecule has 0 rings (SSSR count). The predicted molar refractivity (Wildman–Crippen MR) is 117 cm³/mol. The van der Waals surface area contributed by atoms with Crippen LogP contribution in [-0.4, -0.2) is 78.7 Å². The highest BCUT2D eigenvalue weighted by atomic mass is 28.4. The van der Waals surface area contributed by atoms with Crippen LogP contribution in [0, 0.1) is 0 Å². The van der Waals surface area contributed by atoms with Gasteiger partial charge >= 0.3 is 20.7 Å². The Morgan fingerprint density at radius 1 is 0.781 bits per heavy atom. The quantitative estimate of drug-likeness (QED) is 0.257. The van der Waals surface area contributed by atoms with Gasteiger partial charge in [-0.3, -0.25) is 9.59 Å². The minimum atomic E-state index is -3.51. The van der Waals surface area contributed by atoms with E-state index in [9.17, 15) is 19.2 Å². The van der Waals surface area contributed by atoms with Gasteiger partial charge in [-0.15, -0.1) is 0 Å². The van der Waals surface area contributed by atoms with E-state index in [0.29, 0.717) is 5.20 Å². The van der Waals surface area contributed by atoms with Gasteiger partial charge in [0.1, 0.15) is 12.1 Å². The lowest BCUT2D eigenvalue weighted by atomic mass is 10.1. The zero-order valence-corrected chi connectivity index (χ0v) is 20.9. The number of methoxy groups -OCH3 is 2. The smallest absolute Gasteiger partial charge is 0.467 e. The molecule has 0 spiro atoms. The SMILES string of the molecule is CCO[Si](OCC)(OCC)/C(=C\CC(NC(C)=O)C(=O)OC)CC(NC(C)=O)C(=O)OC. The Morgan fingerprint density at radius 3 is 1.56 bits per heavy atom. The van der Waals surface area contributed by atoms with Crippen molar-refractivity contribution in [3.05, 3.63) is 11.3 Å². The highest BCUT2D eigenvalue weighted by molar-refractivity contribution is 6.68. The van der Waals surface area contributed by atoms with E-state index in [2.05, 4.69) is 10.6 Å². The molecule has 0 aliphatic carbocycles. The summed E-state index contributed by atoms with van der Waals surface area (Å²) in [7, 11) is -1.09. The van der Waals surface area contributed by atoms with Crippen molar-refractivity contribution in [1.82, 2.24) is 10.6 Å². The normalized spacial score (nSPS) is 13.7. The molecule has 0 aliphatic heterocycles. The highest BCUT2D eigenvalue weighted by Gasteiger charge is 2.46. The molecule has 2 unspecified atom stereocenters. The number of ether oxygens (including phenoxy) is 2. The first-order valence-electron chi connectivity index (χ1n) is 10.4. The van der Waals surface area contributed by atoms with Crippen molar-refractivity contribution in [3.8, 4) is 0 Å². The number of nitrogens with one attached hydrogen (secondary N) is 2.